The van der Waals surface area contributed by atoms with E-state index in [4.69, 9.17) is 37.8 Å². The fraction of sp³-hybridized carbons (Fsp3) is 0.214. The van der Waals surface area contributed by atoms with Crippen molar-refractivity contribution in [3.05, 3.63) is 93.0 Å². The van der Waals surface area contributed by atoms with Crippen molar-refractivity contribution in [3.63, 3.8) is 0 Å². The van der Waals surface area contributed by atoms with E-state index in [1.807, 2.05) is 0 Å². The van der Waals surface area contributed by atoms with Crippen LogP contribution in [0.5, 0.6) is 11.5 Å². The second kappa shape index (κ2) is 13.6. The molecule has 11 heteroatoms. The van der Waals surface area contributed by atoms with Crippen molar-refractivity contribution < 1.29 is 29.0 Å². The van der Waals surface area contributed by atoms with Crippen LogP contribution in [0.25, 0.3) is 0 Å². The van der Waals surface area contributed by atoms with Gasteiger partial charge in [0.2, 0.25) is 0 Å². The Balaban J connectivity index is 1.65. The van der Waals surface area contributed by atoms with E-state index in [1.165, 1.54) is 31.5 Å². The SMILES string of the molecule is COc1cc(C=NNC(=O)C(NC(=O)c2cccc(Cl)c2)C(C)C)cc(Cl)c1OCc1ccc(C(=O)O)cc1. The molecule has 0 heterocycles. The lowest BCUT2D eigenvalue weighted by molar-refractivity contribution is -0.123. The molecule has 3 rings (SSSR count). The molecular formula is C28H27Cl2N3O6. The lowest BCUT2D eigenvalue weighted by Gasteiger charge is -2.20. The van der Waals surface area contributed by atoms with Crippen molar-refractivity contribution in [2.24, 2.45) is 11.0 Å². The third-order valence-electron chi connectivity index (χ3n) is 5.55. The zero-order valence-corrected chi connectivity index (χ0v) is 22.9. The second-order valence-corrected chi connectivity index (χ2v) is 9.61. The van der Waals surface area contributed by atoms with Crippen molar-refractivity contribution in [3.8, 4) is 11.5 Å². The monoisotopic (exact) mass is 571 g/mol. The predicted octanol–water partition coefficient (Wildman–Crippen LogP) is 5.18. The molecular weight excluding hydrogens is 545 g/mol. The highest BCUT2D eigenvalue weighted by molar-refractivity contribution is 6.32. The van der Waals surface area contributed by atoms with Gasteiger partial charge in [-0.05, 0) is 59.5 Å². The molecule has 0 aliphatic heterocycles. The summed E-state index contributed by atoms with van der Waals surface area (Å²) < 4.78 is 11.2. The Bertz CT molecular complexity index is 1380. The third kappa shape index (κ3) is 8.20. The number of nitrogens with one attached hydrogen (secondary N) is 2. The molecule has 0 bridgehead atoms. The van der Waals surface area contributed by atoms with E-state index >= 15 is 0 Å². The second-order valence-electron chi connectivity index (χ2n) is 8.76. The Morgan fingerprint density at radius 3 is 2.36 bits per heavy atom. The van der Waals surface area contributed by atoms with Gasteiger partial charge in [-0.1, -0.05) is 55.2 Å². The number of carboxylic acid groups (broad SMARTS) is 1. The summed E-state index contributed by atoms with van der Waals surface area (Å²) in [6.45, 7) is 3.74. The summed E-state index contributed by atoms with van der Waals surface area (Å²) >= 11 is 12.4. The first-order chi connectivity index (χ1) is 18.6. The van der Waals surface area contributed by atoms with Crippen LogP contribution in [-0.2, 0) is 11.4 Å². The Labute approximate surface area is 235 Å². The molecule has 0 aromatic heterocycles. The summed E-state index contributed by atoms with van der Waals surface area (Å²) in [6.07, 6.45) is 1.39. The molecule has 9 nitrogen and oxygen atoms in total. The van der Waals surface area contributed by atoms with Gasteiger partial charge in [-0.25, -0.2) is 10.2 Å². The normalized spacial score (nSPS) is 11.7. The first-order valence-corrected chi connectivity index (χ1v) is 12.6. The van der Waals surface area contributed by atoms with Gasteiger partial charge in [-0.3, -0.25) is 9.59 Å². The van der Waals surface area contributed by atoms with Gasteiger partial charge >= 0.3 is 5.97 Å². The molecule has 0 aliphatic carbocycles. The first kappa shape index (κ1) is 29.5. The van der Waals surface area contributed by atoms with Crippen LogP contribution in [0.3, 0.4) is 0 Å². The molecule has 0 spiro atoms. The smallest absolute Gasteiger partial charge is 0.335 e. The zero-order valence-electron chi connectivity index (χ0n) is 21.4. The van der Waals surface area contributed by atoms with Crippen molar-refractivity contribution in [1.29, 1.82) is 0 Å². The molecule has 2 amide bonds. The molecule has 0 saturated carbocycles. The van der Waals surface area contributed by atoms with Crippen LogP contribution >= 0.6 is 23.2 Å². The molecule has 39 heavy (non-hydrogen) atoms. The molecule has 0 aliphatic rings. The highest BCUT2D eigenvalue weighted by Gasteiger charge is 2.24. The lowest BCUT2D eigenvalue weighted by Crippen LogP contribution is -2.48. The maximum Gasteiger partial charge on any atom is 0.335 e. The van der Waals surface area contributed by atoms with Crippen LogP contribution in [0.4, 0.5) is 0 Å². The Kier molecular flexibility index (Phi) is 10.3. The number of aromatic carboxylic acids is 1. The lowest BCUT2D eigenvalue weighted by atomic mass is 10.0. The third-order valence-corrected chi connectivity index (χ3v) is 6.06. The van der Waals surface area contributed by atoms with Gasteiger partial charge in [0.1, 0.15) is 12.6 Å². The van der Waals surface area contributed by atoms with Gasteiger partial charge in [0, 0.05) is 10.6 Å². The fourth-order valence-corrected chi connectivity index (χ4v) is 3.95. The minimum absolute atomic E-state index is 0.136. The molecule has 3 aromatic carbocycles. The summed E-state index contributed by atoms with van der Waals surface area (Å²) in [5.41, 5.74) is 4.23. The van der Waals surface area contributed by atoms with E-state index in [-0.39, 0.29) is 23.1 Å². The minimum Gasteiger partial charge on any atom is -0.493 e. The molecule has 1 unspecified atom stereocenters. The van der Waals surface area contributed by atoms with Crippen LogP contribution in [-0.4, -0.2) is 42.3 Å². The number of rotatable bonds is 11. The number of ether oxygens (including phenoxy) is 2. The number of amides is 2. The Morgan fingerprint density at radius 1 is 1.03 bits per heavy atom. The van der Waals surface area contributed by atoms with Crippen LogP contribution in [0.15, 0.2) is 65.8 Å². The number of nitrogens with zero attached hydrogens (tertiary/aromatic N) is 1. The highest BCUT2D eigenvalue weighted by atomic mass is 35.5. The number of halogens is 2. The van der Waals surface area contributed by atoms with Crippen molar-refractivity contribution >= 4 is 47.2 Å². The van der Waals surface area contributed by atoms with E-state index in [2.05, 4.69) is 15.8 Å². The molecule has 1 atom stereocenters. The van der Waals surface area contributed by atoms with Gasteiger partial charge in [-0.2, -0.15) is 5.10 Å². The molecule has 3 N–H and O–H groups in total. The summed E-state index contributed by atoms with van der Waals surface area (Å²) in [5, 5.41) is 16.4. The number of hydrogen-bond acceptors (Lipinski definition) is 6. The maximum atomic E-state index is 12.8. The number of methoxy groups -OCH3 is 1. The summed E-state index contributed by atoms with van der Waals surface area (Å²) in [4.78, 5) is 36.4. The van der Waals surface area contributed by atoms with E-state index in [1.54, 1.807) is 56.3 Å². The number of hydrogen-bond donors (Lipinski definition) is 3. The molecule has 204 valence electrons. The fourth-order valence-electron chi connectivity index (χ4n) is 3.48. The van der Waals surface area contributed by atoms with Gasteiger partial charge in [-0.15, -0.1) is 0 Å². The standard InChI is InChI=1S/C28H27Cl2N3O6/c1-16(2)24(32-26(34)20-5-4-6-21(29)13-20)27(35)33-31-14-18-11-22(30)25(23(12-18)38-3)39-15-17-7-9-19(10-8-17)28(36)37/h4-14,16,24H,15H2,1-3H3,(H,32,34)(H,33,35)(H,36,37). The largest absolute Gasteiger partial charge is 0.493 e. The van der Waals surface area contributed by atoms with Gasteiger partial charge in [0.05, 0.1) is 23.9 Å². The number of hydrazone groups is 1. The van der Waals surface area contributed by atoms with Crippen molar-refractivity contribution in [2.45, 2.75) is 26.5 Å². The Hall–Kier alpha value is -4.08. The topological polar surface area (TPSA) is 126 Å². The summed E-state index contributed by atoms with van der Waals surface area (Å²) in [5.74, 6) is -1.52. The summed E-state index contributed by atoms with van der Waals surface area (Å²) in [6, 6.07) is 15.1. The van der Waals surface area contributed by atoms with E-state index in [0.29, 0.717) is 27.6 Å². The van der Waals surface area contributed by atoms with Gasteiger partial charge in [0.15, 0.2) is 11.5 Å². The van der Waals surface area contributed by atoms with Crippen LogP contribution in [0.1, 0.15) is 45.7 Å². The van der Waals surface area contributed by atoms with E-state index < -0.39 is 23.8 Å². The number of carboxylic acids is 1. The van der Waals surface area contributed by atoms with Crippen LogP contribution in [0, 0.1) is 5.92 Å². The van der Waals surface area contributed by atoms with Gasteiger partial charge < -0.3 is 19.9 Å². The quantitative estimate of drug-likeness (QED) is 0.215. The summed E-state index contributed by atoms with van der Waals surface area (Å²) in [7, 11) is 1.46. The first-order valence-electron chi connectivity index (χ1n) is 11.8. The minimum atomic E-state index is -1.01. The molecule has 3 aromatic rings. The van der Waals surface area contributed by atoms with Crippen LogP contribution < -0.4 is 20.2 Å². The average molecular weight is 572 g/mol. The maximum absolute atomic E-state index is 12.8. The van der Waals surface area contributed by atoms with Crippen molar-refractivity contribution in [2.75, 3.05) is 7.11 Å². The number of carbonyl (C=O) groups is 3. The highest BCUT2D eigenvalue weighted by Crippen LogP contribution is 2.36. The van der Waals surface area contributed by atoms with E-state index in [9.17, 15) is 14.4 Å². The average Bonchev–Trinajstić information content (AvgIpc) is 2.90. The van der Waals surface area contributed by atoms with E-state index in [0.717, 1.165) is 5.56 Å². The number of benzene rings is 3. The predicted molar refractivity (Wildman–Crippen MR) is 149 cm³/mol. The van der Waals surface area contributed by atoms with Crippen molar-refractivity contribution in [1.82, 2.24) is 10.7 Å². The number of carbonyl (C=O) groups excluding carboxylic acids is 2. The molecule has 0 fully saturated rings. The zero-order chi connectivity index (χ0) is 28.5. The molecule has 0 radical (unpaired) electrons. The molecule has 0 saturated heterocycles. The van der Waals surface area contributed by atoms with Crippen LogP contribution in [0.2, 0.25) is 10.0 Å². The van der Waals surface area contributed by atoms with Gasteiger partial charge in [0.25, 0.3) is 11.8 Å². The Morgan fingerprint density at radius 2 is 1.74 bits per heavy atom.